The average Bonchev–Trinajstić information content (AvgIpc) is 4.19. The van der Waals surface area contributed by atoms with Crippen molar-refractivity contribution >= 4 is 24.0 Å². The van der Waals surface area contributed by atoms with E-state index in [1.165, 1.54) is 14.2 Å². The van der Waals surface area contributed by atoms with Crippen molar-refractivity contribution in [3.63, 3.8) is 0 Å². The zero-order valence-electron chi connectivity index (χ0n) is 39.2. The molecule has 7 rings (SSSR count). The van der Waals surface area contributed by atoms with Crippen molar-refractivity contribution in [1.82, 2.24) is 40.4 Å². The highest BCUT2D eigenvalue weighted by molar-refractivity contribution is 5.88. The number of carbonyl (C=O) groups is 4. The highest BCUT2D eigenvalue weighted by Gasteiger charge is 2.51. The number of alkyl carbamates (subject to hydrolysis) is 2. The van der Waals surface area contributed by atoms with Crippen LogP contribution >= 0.6 is 0 Å². The number of amides is 4. The number of imidazole rings is 2. The summed E-state index contributed by atoms with van der Waals surface area (Å²) in [5.41, 5.74) is 4.77. The number of nitrogens with zero attached hydrogens (tertiary/aromatic N) is 4. The molecular weight excluding hydrogens is 849 g/mol. The van der Waals surface area contributed by atoms with E-state index < -0.39 is 24.3 Å². The van der Waals surface area contributed by atoms with E-state index in [4.69, 9.17) is 38.4 Å². The van der Waals surface area contributed by atoms with Gasteiger partial charge in [0.25, 0.3) is 0 Å². The van der Waals surface area contributed by atoms with Gasteiger partial charge in [-0.3, -0.25) is 9.59 Å². The third-order valence-electron chi connectivity index (χ3n) is 12.9. The van der Waals surface area contributed by atoms with E-state index in [-0.39, 0.29) is 60.9 Å². The number of rotatable bonds is 19. The maximum Gasteiger partial charge on any atom is 0.407 e. The molecule has 1 saturated carbocycles. The lowest BCUT2D eigenvalue weighted by Crippen LogP contribution is -2.54. The summed E-state index contributed by atoms with van der Waals surface area (Å²) in [6.07, 6.45) is 6.56. The van der Waals surface area contributed by atoms with Gasteiger partial charge in [0.1, 0.15) is 36.9 Å². The molecule has 1 aliphatic carbocycles. The molecule has 4 heterocycles. The van der Waals surface area contributed by atoms with Gasteiger partial charge in [-0.2, -0.15) is 0 Å². The van der Waals surface area contributed by atoms with Gasteiger partial charge in [-0.25, -0.2) is 19.6 Å². The van der Waals surface area contributed by atoms with E-state index in [2.05, 4.69) is 20.6 Å². The molecule has 4 aromatic rings. The third kappa shape index (κ3) is 10.1. The van der Waals surface area contributed by atoms with E-state index >= 15 is 0 Å². The SMILES string of the molecule is COCCOc1c(-c2ccc(-c3cnc([C@@H]4[C@H]5CC[C@H](C5)N4C(=O)[C@@H](NC(=O)OC)C(C)C)[nH]3)cc2)ccc(-c2cnc([C@@H]3CCCN3C(=O)[C@@H](NC(=O)OC)C(C)C)[nH]2)c1OCCOC. The summed E-state index contributed by atoms with van der Waals surface area (Å²) >= 11 is 0. The molecule has 0 spiro atoms. The summed E-state index contributed by atoms with van der Waals surface area (Å²) < 4.78 is 33.4. The molecule has 18 nitrogen and oxygen atoms in total. The van der Waals surface area contributed by atoms with Gasteiger partial charge in [0.2, 0.25) is 11.8 Å². The van der Waals surface area contributed by atoms with Gasteiger partial charge in [-0.1, -0.05) is 52.0 Å². The molecule has 6 atom stereocenters. The minimum absolute atomic E-state index is 0.0839. The van der Waals surface area contributed by atoms with Crippen molar-refractivity contribution in [1.29, 1.82) is 0 Å². The smallest absolute Gasteiger partial charge is 0.407 e. The fourth-order valence-electron chi connectivity index (χ4n) is 9.56. The van der Waals surface area contributed by atoms with Crippen molar-refractivity contribution in [2.75, 3.05) is 61.4 Å². The third-order valence-corrected chi connectivity index (χ3v) is 12.9. The van der Waals surface area contributed by atoms with Gasteiger partial charge in [-0.15, -0.1) is 0 Å². The number of likely N-dealkylation sites (tertiary alicyclic amines) is 2. The summed E-state index contributed by atoms with van der Waals surface area (Å²) in [5, 5.41) is 5.46. The Morgan fingerprint density at radius 1 is 0.682 bits per heavy atom. The molecule has 2 saturated heterocycles. The highest BCUT2D eigenvalue weighted by Crippen LogP contribution is 2.50. The molecule has 18 heteroatoms. The predicted molar refractivity (Wildman–Crippen MR) is 245 cm³/mol. The van der Waals surface area contributed by atoms with Gasteiger partial charge in [0, 0.05) is 37.9 Å². The second kappa shape index (κ2) is 21.4. The van der Waals surface area contributed by atoms with Crippen molar-refractivity contribution in [3.8, 4) is 45.1 Å². The van der Waals surface area contributed by atoms with Crippen LogP contribution in [0, 0.1) is 17.8 Å². The maximum absolute atomic E-state index is 14.1. The van der Waals surface area contributed by atoms with Crippen molar-refractivity contribution in [2.24, 2.45) is 17.8 Å². The lowest BCUT2D eigenvalue weighted by atomic mass is 9.95. The zero-order chi connectivity index (χ0) is 47.1. The molecule has 3 fully saturated rings. The fraction of sp³-hybridized carbons (Fsp3) is 0.542. The first-order chi connectivity index (χ1) is 31.9. The standard InChI is InChI=1S/C48H64N8O10/c1-27(2)38(53-47(59)63-7)45(57)55-19-9-10-37(55)43-49-26-36(52-43)34-18-17-33(41(65-22-20-61-5)42(34)66-23-21-62-6)29-11-13-30(14-12-29)35-25-50-44(51-35)40-31-15-16-32(24-31)56(40)46(58)39(28(3)4)54-48(60)64-8/h11-14,17-18,25-28,31-32,37-40H,9-10,15-16,19-24H2,1-8H3,(H,49,52)(H,50,51)(H,53,59)(H,54,60)/t31-,32+,37-,38-,39-,40-/m0/s1. The number of hydrogen-bond donors (Lipinski definition) is 4. The van der Waals surface area contributed by atoms with E-state index in [9.17, 15) is 19.2 Å². The molecule has 0 unspecified atom stereocenters. The first-order valence-corrected chi connectivity index (χ1v) is 22.8. The first-order valence-electron chi connectivity index (χ1n) is 22.8. The Balaban J connectivity index is 1.17. The highest BCUT2D eigenvalue weighted by atomic mass is 16.6. The Kier molecular flexibility index (Phi) is 15.5. The number of hydrogen-bond acceptors (Lipinski definition) is 12. The Bertz CT molecular complexity index is 2310. The van der Waals surface area contributed by atoms with E-state index in [1.54, 1.807) is 25.3 Å². The Morgan fingerprint density at radius 3 is 1.86 bits per heavy atom. The average molecular weight is 913 g/mol. The van der Waals surface area contributed by atoms with Crippen molar-refractivity contribution < 1.29 is 47.6 Å². The van der Waals surface area contributed by atoms with Crippen LogP contribution in [0.3, 0.4) is 0 Å². The number of aromatic amines is 2. The Labute approximate surface area is 385 Å². The first kappa shape index (κ1) is 47.8. The molecule has 0 radical (unpaired) electrons. The summed E-state index contributed by atoms with van der Waals surface area (Å²) in [6, 6.07) is 10.1. The molecule has 2 aliphatic heterocycles. The monoisotopic (exact) mass is 912 g/mol. The van der Waals surface area contributed by atoms with E-state index in [0.29, 0.717) is 54.8 Å². The molecule has 4 N–H and O–H groups in total. The van der Waals surface area contributed by atoms with Crippen molar-refractivity contribution in [3.05, 3.63) is 60.4 Å². The van der Waals surface area contributed by atoms with Crippen molar-refractivity contribution in [2.45, 2.75) is 90.0 Å². The van der Waals surface area contributed by atoms with Gasteiger partial charge in [-0.05, 0) is 73.1 Å². The molecular formula is C48H64N8O10. The molecule has 4 amide bonds. The normalized spacial score (nSPS) is 19.8. The summed E-state index contributed by atoms with van der Waals surface area (Å²) in [4.78, 5) is 72.6. The quantitative estimate of drug-likeness (QED) is 0.0728. The number of ether oxygens (including phenoxy) is 6. The molecule has 356 valence electrons. The number of aromatic nitrogens is 4. The van der Waals surface area contributed by atoms with Crippen LogP contribution in [-0.4, -0.2) is 133 Å². The van der Waals surface area contributed by atoms with Crippen LogP contribution < -0.4 is 20.1 Å². The molecule has 3 aliphatic rings. The second-order valence-corrected chi connectivity index (χ2v) is 17.8. The number of fused-ring (bicyclic) bond motifs is 2. The summed E-state index contributed by atoms with van der Waals surface area (Å²) in [6.45, 7) is 9.31. The van der Waals surface area contributed by atoms with Gasteiger partial charge in [0.15, 0.2) is 11.5 Å². The van der Waals surface area contributed by atoms with Crippen LogP contribution in [0.25, 0.3) is 33.6 Å². The van der Waals surface area contributed by atoms with Crippen LogP contribution in [0.2, 0.25) is 0 Å². The van der Waals surface area contributed by atoms with Gasteiger partial charge < -0.3 is 58.8 Å². The van der Waals surface area contributed by atoms with E-state index in [0.717, 1.165) is 53.9 Å². The van der Waals surface area contributed by atoms with Gasteiger partial charge >= 0.3 is 12.2 Å². The predicted octanol–water partition coefficient (Wildman–Crippen LogP) is 6.66. The number of piperidine rings is 1. The number of H-pyrrole nitrogens is 2. The fourth-order valence-corrected chi connectivity index (χ4v) is 9.56. The number of methoxy groups -OCH3 is 4. The van der Waals surface area contributed by atoms with Crippen LogP contribution in [0.15, 0.2) is 48.8 Å². The molecule has 66 heavy (non-hydrogen) atoms. The van der Waals surface area contributed by atoms with Crippen LogP contribution in [0.4, 0.5) is 9.59 Å². The van der Waals surface area contributed by atoms with Gasteiger partial charge in [0.05, 0.1) is 63.3 Å². The van der Waals surface area contributed by atoms with Crippen LogP contribution in [0.5, 0.6) is 11.5 Å². The largest absolute Gasteiger partial charge is 0.487 e. The Hall–Kier alpha value is -6.14. The summed E-state index contributed by atoms with van der Waals surface area (Å²) in [7, 11) is 5.80. The summed E-state index contributed by atoms with van der Waals surface area (Å²) in [5.74, 6) is 2.01. The number of nitrogens with one attached hydrogen (secondary N) is 4. The van der Waals surface area contributed by atoms with Crippen LogP contribution in [-0.2, 0) is 28.5 Å². The number of benzene rings is 2. The lowest BCUT2D eigenvalue weighted by Gasteiger charge is -2.37. The van der Waals surface area contributed by atoms with E-state index in [1.807, 2.05) is 75.2 Å². The Morgan fingerprint density at radius 2 is 1.24 bits per heavy atom. The molecule has 2 bridgehead atoms. The maximum atomic E-state index is 14.1. The lowest BCUT2D eigenvalue weighted by molar-refractivity contribution is -0.139. The minimum atomic E-state index is -0.754. The minimum Gasteiger partial charge on any atom is -0.487 e. The van der Waals surface area contributed by atoms with Crippen LogP contribution in [0.1, 0.15) is 83.5 Å². The second-order valence-electron chi connectivity index (χ2n) is 17.8. The molecule has 2 aromatic heterocycles. The zero-order valence-corrected chi connectivity index (χ0v) is 39.2. The number of carbonyl (C=O) groups excluding carboxylic acids is 4. The topological polar surface area (TPSA) is 212 Å². The molecule has 2 aromatic carbocycles.